The lowest BCUT2D eigenvalue weighted by Crippen LogP contribution is -2.21. The van der Waals surface area contributed by atoms with Crippen LogP contribution in [0.3, 0.4) is 0 Å². The minimum Gasteiger partial charge on any atom is -0.495 e. The monoisotopic (exact) mass is 369 g/mol. The van der Waals surface area contributed by atoms with Gasteiger partial charge in [0.1, 0.15) is 16.7 Å². The second-order valence-electron chi connectivity index (χ2n) is 5.36. The van der Waals surface area contributed by atoms with Gasteiger partial charge in [-0.05, 0) is 37.7 Å². The van der Waals surface area contributed by atoms with Gasteiger partial charge in [-0.3, -0.25) is 0 Å². The number of nitrogens with one attached hydrogen (secondary N) is 1. The lowest BCUT2D eigenvalue weighted by molar-refractivity contribution is -0.157. The molecule has 136 valence electrons. The first-order valence-corrected chi connectivity index (χ1v) is 8.96. The van der Waals surface area contributed by atoms with Gasteiger partial charge in [0.25, 0.3) is 0 Å². The van der Waals surface area contributed by atoms with E-state index >= 15 is 0 Å². The average molecular weight is 369 g/mol. The topological polar surface area (TPSA) is 108 Å². The number of sulfonamides is 1. The summed E-state index contributed by atoms with van der Waals surface area (Å²) in [5.74, 6) is -1.11. The third-order valence-corrected chi connectivity index (χ3v) is 4.98. The highest BCUT2D eigenvalue weighted by Crippen LogP contribution is 2.25. The van der Waals surface area contributed by atoms with Crippen LogP contribution in [0.1, 0.15) is 18.9 Å². The Labute approximate surface area is 145 Å². The first-order valence-electron chi connectivity index (χ1n) is 7.47. The number of rotatable bonds is 6. The maximum atomic E-state index is 12.0. The number of ether oxygens (including phenoxy) is 3. The Kier molecular flexibility index (Phi) is 5.81. The van der Waals surface area contributed by atoms with E-state index in [4.69, 9.17) is 14.2 Å². The van der Waals surface area contributed by atoms with Gasteiger partial charge >= 0.3 is 11.9 Å². The predicted molar refractivity (Wildman–Crippen MR) is 88.3 cm³/mol. The zero-order chi connectivity index (χ0) is 18.6. The van der Waals surface area contributed by atoms with Crippen molar-refractivity contribution in [3.8, 4) is 5.75 Å². The average Bonchev–Trinajstić information content (AvgIpc) is 2.89. The van der Waals surface area contributed by atoms with Crippen LogP contribution >= 0.6 is 0 Å². The van der Waals surface area contributed by atoms with Gasteiger partial charge in [0.05, 0.1) is 7.11 Å². The molecule has 25 heavy (non-hydrogen) atoms. The van der Waals surface area contributed by atoms with Gasteiger partial charge in [-0.25, -0.2) is 22.7 Å². The Morgan fingerprint density at radius 3 is 2.68 bits per heavy atom. The zero-order valence-corrected chi connectivity index (χ0v) is 14.8. The highest BCUT2D eigenvalue weighted by molar-refractivity contribution is 7.89. The van der Waals surface area contributed by atoms with E-state index in [2.05, 4.69) is 4.72 Å². The van der Waals surface area contributed by atoms with E-state index in [1.807, 2.05) is 0 Å². The Morgan fingerprint density at radius 1 is 1.40 bits per heavy atom. The molecule has 0 saturated carbocycles. The molecular formula is C16H19NO7S. The van der Waals surface area contributed by atoms with Crippen molar-refractivity contribution >= 4 is 28.0 Å². The number of esters is 2. The molecule has 0 aliphatic carbocycles. The molecule has 0 radical (unpaired) electrons. The fourth-order valence-corrected chi connectivity index (χ4v) is 3.20. The molecule has 1 heterocycles. The van der Waals surface area contributed by atoms with E-state index in [-0.39, 0.29) is 16.7 Å². The van der Waals surface area contributed by atoms with Gasteiger partial charge in [0.15, 0.2) is 0 Å². The SMILES string of the molecule is CNS(=O)(=O)c1cc(/C=C/C(=O)O[C@@H]2C[C@H](C)OC2=O)ccc1OC. The molecule has 2 atom stereocenters. The molecule has 0 aromatic heterocycles. The van der Waals surface area contributed by atoms with E-state index in [1.165, 1.54) is 32.4 Å². The normalized spacial score (nSPS) is 20.5. The number of carbonyl (C=O) groups excluding carboxylic acids is 2. The maximum Gasteiger partial charge on any atom is 0.347 e. The Hall–Kier alpha value is -2.39. The molecule has 1 aromatic carbocycles. The van der Waals surface area contributed by atoms with Gasteiger partial charge < -0.3 is 14.2 Å². The van der Waals surface area contributed by atoms with Crippen LogP contribution in [0.4, 0.5) is 0 Å². The minimum atomic E-state index is -3.72. The van der Waals surface area contributed by atoms with Gasteiger partial charge in [0, 0.05) is 12.5 Å². The largest absolute Gasteiger partial charge is 0.495 e. The van der Waals surface area contributed by atoms with E-state index in [9.17, 15) is 18.0 Å². The summed E-state index contributed by atoms with van der Waals surface area (Å²) in [5.41, 5.74) is 0.453. The van der Waals surface area contributed by atoms with Crippen molar-refractivity contribution in [2.75, 3.05) is 14.2 Å². The van der Waals surface area contributed by atoms with Crippen molar-refractivity contribution in [3.63, 3.8) is 0 Å². The molecule has 2 rings (SSSR count). The maximum absolute atomic E-state index is 12.0. The molecule has 1 N–H and O–H groups in total. The molecule has 1 aliphatic heterocycles. The predicted octanol–water partition coefficient (Wildman–Crippen LogP) is 0.864. The number of cyclic esters (lactones) is 1. The number of methoxy groups -OCH3 is 1. The Bertz CT molecular complexity index is 801. The molecule has 0 amide bonds. The fourth-order valence-electron chi connectivity index (χ4n) is 2.28. The summed E-state index contributed by atoms with van der Waals surface area (Å²) in [6.45, 7) is 1.71. The lowest BCUT2D eigenvalue weighted by Gasteiger charge is -2.09. The van der Waals surface area contributed by atoms with Crippen LogP contribution in [0, 0.1) is 0 Å². The summed E-state index contributed by atoms with van der Waals surface area (Å²) < 4.78 is 41.2. The minimum absolute atomic E-state index is 0.0544. The zero-order valence-electron chi connectivity index (χ0n) is 14.0. The Balaban J connectivity index is 2.14. The van der Waals surface area contributed by atoms with Crippen LogP contribution in [0.5, 0.6) is 5.75 Å². The number of carbonyl (C=O) groups is 2. The smallest absolute Gasteiger partial charge is 0.347 e. The van der Waals surface area contributed by atoms with Gasteiger partial charge in [-0.2, -0.15) is 0 Å². The van der Waals surface area contributed by atoms with E-state index < -0.39 is 28.1 Å². The van der Waals surface area contributed by atoms with Gasteiger partial charge in [0.2, 0.25) is 16.1 Å². The molecule has 1 aromatic rings. The molecule has 1 aliphatic rings. The molecule has 0 bridgehead atoms. The van der Waals surface area contributed by atoms with Crippen LogP contribution in [0.25, 0.3) is 6.08 Å². The summed E-state index contributed by atoms with van der Waals surface area (Å²) in [6, 6.07) is 4.43. The third kappa shape index (κ3) is 4.58. The summed E-state index contributed by atoms with van der Waals surface area (Å²) in [7, 11) is -1.07. The lowest BCUT2D eigenvalue weighted by atomic mass is 10.2. The summed E-state index contributed by atoms with van der Waals surface area (Å²) in [4.78, 5) is 23.2. The summed E-state index contributed by atoms with van der Waals surface area (Å²) >= 11 is 0. The van der Waals surface area contributed by atoms with Crippen molar-refractivity contribution < 1.29 is 32.2 Å². The standard InChI is InChI=1S/C16H19NO7S/c1-10-8-13(16(19)23-10)24-15(18)7-5-11-4-6-12(22-3)14(9-11)25(20,21)17-2/h4-7,9-10,13,17H,8H2,1-3H3/b7-5+/t10-,13+/m0/s1. The van der Waals surface area contributed by atoms with Crippen molar-refractivity contribution in [3.05, 3.63) is 29.8 Å². The van der Waals surface area contributed by atoms with Crippen LogP contribution in [-0.4, -0.2) is 46.7 Å². The van der Waals surface area contributed by atoms with Gasteiger partial charge in [-0.1, -0.05) is 6.07 Å². The van der Waals surface area contributed by atoms with Crippen molar-refractivity contribution in [1.82, 2.24) is 4.72 Å². The number of benzene rings is 1. The quantitative estimate of drug-likeness (QED) is 0.585. The Morgan fingerprint density at radius 2 is 2.12 bits per heavy atom. The highest BCUT2D eigenvalue weighted by atomic mass is 32.2. The van der Waals surface area contributed by atoms with Crippen LogP contribution in [-0.2, 0) is 29.1 Å². The summed E-state index contributed by atoms with van der Waals surface area (Å²) in [5, 5.41) is 0. The van der Waals surface area contributed by atoms with Crippen molar-refractivity contribution in [1.29, 1.82) is 0 Å². The molecule has 0 unspecified atom stereocenters. The second kappa shape index (κ2) is 7.66. The van der Waals surface area contributed by atoms with E-state index in [1.54, 1.807) is 13.0 Å². The second-order valence-corrected chi connectivity index (χ2v) is 7.21. The van der Waals surface area contributed by atoms with Crippen LogP contribution < -0.4 is 9.46 Å². The molecular weight excluding hydrogens is 350 g/mol. The first kappa shape index (κ1) is 18.9. The van der Waals surface area contributed by atoms with Crippen LogP contribution in [0.15, 0.2) is 29.2 Å². The first-order chi connectivity index (χ1) is 11.8. The summed E-state index contributed by atoms with van der Waals surface area (Å²) in [6.07, 6.45) is 1.62. The molecule has 1 fully saturated rings. The highest BCUT2D eigenvalue weighted by Gasteiger charge is 2.34. The van der Waals surface area contributed by atoms with Crippen molar-refractivity contribution in [2.45, 2.75) is 30.4 Å². The third-order valence-electron chi connectivity index (χ3n) is 3.54. The number of hydrogen-bond donors (Lipinski definition) is 1. The van der Waals surface area contributed by atoms with Crippen molar-refractivity contribution in [2.24, 2.45) is 0 Å². The number of hydrogen-bond acceptors (Lipinski definition) is 7. The molecule has 8 nitrogen and oxygen atoms in total. The van der Waals surface area contributed by atoms with Gasteiger partial charge in [-0.15, -0.1) is 0 Å². The molecule has 0 spiro atoms. The van der Waals surface area contributed by atoms with E-state index in [0.717, 1.165) is 6.08 Å². The van der Waals surface area contributed by atoms with E-state index in [0.29, 0.717) is 12.0 Å². The van der Waals surface area contributed by atoms with Crippen LogP contribution in [0.2, 0.25) is 0 Å². The fraction of sp³-hybridized carbons (Fsp3) is 0.375. The molecule has 1 saturated heterocycles. The molecule has 9 heteroatoms.